The van der Waals surface area contributed by atoms with Gasteiger partial charge in [0.15, 0.2) is 22.3 Å². The number of rotatable bonds is 5. The second-order valence-corrected chi connectivity index (χ2v) is 5.53. The number of hydrogen-bond acceptors (Lipinski definition) is 7. The van der Waals surface area contributed by atoms with Crippen LogP contribution in [-0.2, 0) is 16.0 Å². The maximum absolute atomic E-state index is 12.1. The fourth-order valence-electron chi connectivity index (χ4n) is 2.03. The molecule has 0 fully saturated rings. The molecular formula is C15H14N2O5S. The molecule has 1 aliphatic heterocycles. The molecule has 23 heavy (non-hydrogen) atoms. The first-order valence-electron chi connectivity index (χ1n) is 6.96. The summed E-state index contributed by atoms with van der Waals surface area (Å²) in [5.41, 5.74) is 0.990. The van der Waals surface area contributed by atoms with Crippen LogP contribution < -0.4 is 14.8 Å². The average molecular weight is 334 g/mol. The van der Waals surface area contributed by atoms with Crippen LogP contribution in [0.4, 0.5) is 5.13 Å². The van der Waals surface area contributed by atoms with Crippen molar-refractivity contribution in [1.82, 2.24) is 4.98 Å². The van der Waals surface area contributed by atoms with Crippen LogP contribution in [0, 0.1) is 0 Å². The maximum Gasteiger partial charge on any atom is 0.357 e. The van der Waals surface area contributed by atoms with Gasteiger partial charge in [0.1, 0.15) is 0 Å². The van der Waals surface area contributed by atoms with Crippen molar-refractivity contribution in [2.75, 3.05) is 18.7 Å². The van der Waals surface area contributed by atoms with E-state index in [1.165, 1.54) is 11.3 Å². The van der Waals surface area contributed by atoms with Crippen molar-refractivity contribution in [1.29, 1.82) is 0 Å². The van der Waals surface area contributed by atoms with Crippen LogP contribution in [-0.4, -0.2) is 30.3 Å². The molecule has 120 valence electrons. The predicted octanol–water partition coefficient (Wildman–Crippen LogP) is 2.23. The molecule has 0 atom stereocenters. The van der Waals surface area contributed by atoms with Crippen LogP contribution in [0.25, 0.3) is 0 Å². The van der Waals surface area contributed by atoms with Crippen molar-refractivity contribution >= 4 is 28.3 Å². The van der Waals surface area contributed by atoms with Crippen LogP contribution in [0.2, 0.25) is 0 Å². The minimum absolute atomic E-state index is 0.172. The highest BCUT2D eigenvalue weighted by atomic mass is 32.1. The number of hydrogen-bond donors (Lipinski definition) is 1. The zero-order valence-electron chi connectivity index (χ0n) is 12.3. The van der Waals surface area contributed by atoms with Crippen LogP contribution in [0.5, 0.6) is 11.5 Å². The number of fused-ring (bicyclic) bond motifs is 1. The highest BCUT2D eigenvalue weighted by molar-refractivity contribution is 7.14. The Labute approximate surface area is 136 Å². The van der Waals surface area contributed by atoms with Crippen molar-refractivity contribution in [3.05, 3.63) is 34.8 Å². The Morgan fingerprint density at radius 2 is 2.17 bits per heavy atom. The highest BCUT2D eigenvalue weighted by Gasteiger charge is 2.16. The number of esters is 1. The number of nitrogens with zero attached hydrogens (tertiary/aromatic N) is 1. The fraction of sp³-hybridized carbons (Fsp3) is 0.267. The average Bonchev–Trinajstić information content (AvgIpc) is 3.15. The number of benzene rings is 1. The second-order valence-electron chi connectivity index (χ2n) is 4.67. The van der Waals surface area contributed by atoms with Crippen LogP contribution in [0.3, 0.4) is 0 Å². The summed E-state index contributed by atoms with van der Waals surface area (Å²) < 4.78 is 15.4. The Balaban J connectivity index is 1.60. The Morgan fingerprint density at radius 3 is 3.00 bits per heavy atom. The van der Waals surface area contributed by atoms with Crippen molar-refractivity contribution in [2.24, 2.45) is 0 Å². The Hall–Kier alpha value is -2.61. The predicted molar refractivity (Wildman–Crippen MR) is 83.0 cm³/mol. The van der Waals surface area contributed by atoms with Crippen molar-refractivity contribution in [3.8, 4) is 11.5 Å². The number of anilines is 1. The van der Waals surface area contributed by atoms with Gasteiger partial charge in [0.25, 0.3) is 0 Å². The summed E-state index contributed by atoms with van der Waals surface area (Å²) in [6, 6.07) is 5.35. The second kappa shape index (κ2) is 6.66. The van der Waals surface area contributed by atoms with E-state index in [-0.39, 0.29) is 31.4 Å². The highest BCUT2D eigenvalue weighted by Crippen LogP contribution is 2.32. The normalized spacial score (nSPS) is 12.0. The molecule has 1 aromatic carbocycles. The Morgan fingerprint density at radius 1 is 1.35 bits per heavy atom. The first kappa shape index (κ1) is 15.3. The third kappa shape index (κ3) is 3.59. The van der Waals surface area contributed by atoms with E-state index in [9.17, 15) is 9.59 Å². The van der Waals surface area contributed by atoms with Gasteiger partial charge >= 0.3 is 5.97 Å². The summed E-state index contributed by atoms with van der Waals surface area (Å²) in [5.74, 6) is 0.580. The molecule has 0 saturated carbocycles. The molecule has 2 heterocycles. The molecule has 0 radical (unpaired) electrons. The van der Waals surface area contributed by atoms with Gasteiger partial charge in [0.2, 0.25) is 12.7 Å². The molecule has 1 amide bonds. The van der Waals surface area contributed by atoms with Crippen molar-refractivity contribution in [3.63, 3.8) is 0 Å². The number of carbonyl (C=O) groups is 2. The van der Waals surface area contributed by atoms with Crippen LogP contribution in [0.15, 0.2) is 23.6 Å². The zero-order valence-corrected chi connectivity index (χ0v) is 13.1. The third-order valence-corrected chi connectivity index (χ3v) is 3.79. The number of nitrogens with one attached hydrogen (secondary N) is 1. The molecule has 0 bridgehead atoms. The summed E-state index contributed by atoms with van der Waals surface area (Å²) in [4.78, 5) is 27.6. The number of carbonyl (C=O) groups excluding carboxylic acids is 2. The minimum atomic E-state index is -0.500. The zero-order chi connectivity index (χ0) is 16.2. The first-order chi connectivity index (χ1) is 11.2. The number of amides is 1. The first-order valence-corrected chi connectivity index (χ1v) is 7.84. The maximum atomic E-state index is 12.1. The lowest BCUT2D eigenvalue weighted by Gasteiger charge is -2.03. The minimum Gasteiger partial charge on any atom is -0.461 e. The lowest BCUT2D eigenvalue weighted by atomic mass is 10.1. The SMILES string of the molecule is CCOC(=O)c1csc(NC(=O)Cc2ccc3c(c2)OCO3)n1. The van der Waals surface area contributed by atoms with Crippen molar-refractivity contribution in [2.45, 2.75) is 13.3 Å². The summed E-state index contributed by atoms with van der Waals surface area (Å²) in [5, 5.41) is 4.57. The van der Waals surface area contributed by atoms with Gasteiger partial charge in [0.05, 0.1) is 13.0 Å². The lowest BCUT2D eigenvalue weighted by Crippen LogP contribution is -2.14. The summed E-state index contributed by atoms with van der Waals surface area (Å²) in [6.07, 6.45) is 0.172. The van der Waals surface area contributed by atoms with Crippen LogP contribution in [0.1, 0.15) is 23.0 Å². The molecule has 0 unspecified atom stereocenters. The molecule has 1 N–H and O–H groups in total. The number of aromatic nitrogens is 1. The lowest BCUT2D eigenvalue weighted by molar-refractivity contribution is -0.115. The van der Waals surface area contributed by atoms with E-state index in [0.29, 0.717) is 16.6 Å². The molecule has 3 rings (SSSR count). The molecule has 1 aromatic heterocycles. The van der Waals surface area contributed by atoms with Gasteiger partial charge in [-0.15, -0.1) is 11.3 Å². The molecule has 2 aromatic rings. The molecule has 0 saturated heterocycles. The number of ether oxygens (including phenoxy) is 3. The largest absolute Gasteiger partial charge is 0.461 e. The van der Waals surface area contributed by atoms with Crippen molar-refractivity contribution < 1.29 is 23.8 Å². The van der Waals surface area contributed by atoms with E-state index < -0.39 is 5.97 Å². The topological polar surface area (TPSA) is 86.8 Å². The van der Waals surface area contributed by atoms with E-state index in [1.807, 2.05) is 0 Å². The quantitative estimate of drug-likeness (QED) is 0.844. The van der Waals surface area contributed by atoms with E-state index in [2.05, 4.69) is 10.3 Å². The molecule has 0 aliphatic carbocycles. The van der Waals surface area contributed by atoms with E-state index in [4.69, 9.17) is 14.2 Å². The van der Waals surface area contributed by atoms with Gasteiger partial charge in [-0.25, -0.2) is 9.78 Å². The number of thiazole rings is 1. The standard InChI is InChI=1S/C15H14N2O5S/c1-2-20-14(19)10-7-23-15(16-10)17-13(18)6-9-3-4-11-12(5-9)22-8-21-11/h3-5,7H,2,6,8H2,1H3,(H,16,17,18). The van der Waals surface area contributed by atoms with Gasteiger partial charge in [-0.3, -0.25) is 4.79 Å². The molecule has 1 aliphatic rings. The smallest absolute Gasteiger partial charge is 0.357 e. The fourth-order valence-corrected chi connectivity index (χ4v) is 2.73. The van der Waals surface area contributed by atoms with E-state index in [1.54, 1.807) is 30.5 Å². The Kier molecular flexibility index (Phi) is 4.42. The summed E-state index contributed by atoms with van der Waals surface area (Å²) in [7, 11) is 0. The Bertz CT molecular complexity index is 743. The van der Waals surface area contributed by atoms with Gasteiger partial charge in [0, 0.05) is 5.38 Å². The van der Waals surface area contributed by atoms with Gasteiger partial charge < -0.3 is 19.5 Å². The molecule has 7 nitrogen and oxygen atoms in total. The van der Waals surface area contributed by atoms with Gasteiger partial charge in [-0.05, 0) is 24.6 Å². The van der Waals surface area contributed by atoms with E-state index in [0.717, 1.165) is 5.56 Å². The molecule has 8 heteroatoms. The van der Waals surface area contributed by atoms with Gasteiger partial charge in [-0.1, -0.05) is 6.07 Å². The van der Waals surface area contributed by atoms with E-state index >= 15 is 0 Å². The summed E-state index contributed by atoms with van der Waals surface area (Å²) >= 11 is 1.17. The van der Waals surface area contributed by atoms with Crippen LogP contribution >= 0.6 is 11.3 Å². The molecular weight excluding hydrogens is 320 g/mol. The summed E-state index contributed by atoms with van der Waals surface area (Å²) in [6.45, 7) is 2.20. The monoisotopic (exact) mass is 334 g/mol. The van der Waals surface area contributed by atoms with Gasteiger partial charge in [-0.2, -0.15) is 0 Å². The third-order valence-electron chi connectivity index (χ3n) is 3.04. The molecule has 0 spiro atoms.